The van der Waals surface area contributed by atoms with Crippen molar-refractivity contribution in [3.05, 3.63) is 35.3 Å². The first-order chi connectivity index (χ1) is 8.36. The molecule has 2 aromatic heterocycles. The van der Waals surface area contributed by atoms with Crippen molar-refractivity contribution < 1.29 is 0 Å². The van der Waals surface area contributed by atoms with Gasteiger partial charge in [0.1, 0.15) is 5.03 Å². The van der Waals surface area contributed by atoms with E-state index < -0.39 is 0 Å². The Kier molecular flexibility index (Phi) is 2.86. The van der Waals surface area contributed by atoms with Gasteiger partial charge in [0, 0.05) is 24.6 Å². The third kappa shape index (κ3) is 2.08. The Balaban J connectivity index is 1.97. The number of rotatable bonds is 3. The SMILES string of the molecule is NCc1cc2c(nc1Sc1ncc[nH]1)CCC2. The van der Waals surface area contributed by atoms with E-state index in [9.17, 15) is 0 Å². The van der Waals surface area contributed by atoms with Crippen LogP contribution in [-0.4, -0.2) is 15.0 Å². The fourth-order valence-electron chi connectivity index (χ4n) is 2.13. The first kappa shape index (κ1) is 10.8. The molecule has 1 aliphatic carbocycles. The fourth-order valence-corrected chi connectivity index (χ4v) is 2.99. The van der Waals surface area contributed by atoms with E-state index in [-0.39, 0.29) is 0 Å². The van der Waals surface area contributed by atoms with Crippen molar-refractivity contribution >= 4 is 11.8 Å². The van der Waals surface area contributed by atoms with Crippen LogP contribution in [0.15, 0.2) is 28.6 Å². The molecule has 3 N–H and O–H groups in total. The molecule has 88 valence electrons. The maximum Gasteiger partial charge on any atom is 0.171 e. The molecule has 0 unspecified atom stereocenters. The van der Waals surface area contributed by atoms with Crippen LogP contribution in [0.2, 0.25) is 0 Å². The van der Waals surface area contributed by atoms with Crippen molar-refractivity contribution in [3.63, 3.8) is 0 Å². The molecule has 0 amide bonds. The van der Waals surface area contributed by atoms with Crippen LogP contribution in [-0.2, 0) is 19.4 Å². The van der Waals surface area contributed by atoms with Crippen LogP contribution < -0.4 is 5.73 Å². The minimum atomic E-state index is 0.531. The van der Waals surface area contributed by atoms with E-state index in [4.69, 9.17) is 10.7 Å². The van der Waals surface area contributed by atoms with Gasteiger partial charge in [-0.05, 0) is 42.2 Å². The van der Waals surface area contributed by atoms with Gasteiger partial charge >= 0.3 is 0 Å². The molecular formula is C12H14N4S. The monoisotopic (exact) mass is 246 g/mol. The van der Waals surface area contributed by atoms with Gasteiger partial charge in [-0.3, -0.25) is 0 Å². The van der Waals surface area contributed by atoms with Gasteiger partial charge < -0.3 is 10.7 Å². The molecule has 2 aromatic rings. The van der Waals surface area contributed by atoms with Crippen LogP contribution in [0.5, 0.6) is 0 Å². The van der Waals surface area contributed by atoms with Gasteiger partial charge in [-0.15, -0.1) is 0 Å². The van der Waals surface area contributed by atoms with E-state index >= 15 is 0 Å². The molecule has 0 bridgehead atoms. The van der Waals surface area contributed by atoms with Crippen molar-refractivity contribution in [2.24, 2.45) is 5.73 Å². The summed E-state index contributed by atoms with van der Waals surface area (Å²) in [6, 6.07) is 2.21. The van der Waals surface area contributed by atoms with Crippen molar-refractivity contribution in [1.82, 2.24) is 15.0 Å². The van der Waals surface area contributed by atoms with E-state index in [1.165, 1.54) is 17.7 Å². The number of fused-ring (bicyclic) bond motifs is 1. The molecule has 2 heterocycles. The highest BCUT2D eigenvalue weighted by Crippen LogP contribution is 2.30. The summed E-state index contributed by atoms with van der Waals surface area (Å²) in [6.45, 7) is 0.531. The molecule has 0 atom stereocenters. The van der Waals surface area contributed by atoms with Crippen LogP contribution in [0.25, 0.3) is 0 Å². The molecule has 5 heteroatoms. The number of pyridine rings is 1. The summed E-state index contributed by atoms with van der Waals surface area (Å²) in [6.07, 6.45) is 7.00. The molecule has 0 aliphatic heterocycles. The van der Waals surface area contributed by atoms with Gasteiger partial charge in [-0.25, -0.2) is 9.97 Å². The Morgan fingerprint density at radius 3 is 3.12 bits per heavy atom. The highest BCUT2D eigenvalue weighted by Gasteiger charge is 2.16. The van der Waals surface area contributed by atoms with Crippen LogP contribution in [0.1, 0.15) is 23.2 Å². The van der Waals surface area contributed by atoms with Crippen molar-refractivity contribution in [2.75, 3.05) is 0 Å². The Labute approximate surface area is 104 Å². The number of aromatic nitrogens is 3. The summed E-state index contributed by atoms with van der Waals surface area (Å²) in [5.74, 6) is 0. The second kappa shape index (κ2) is 4.50. The Morgan fingerprint density at radius 1 is 1.41 bits per heavy atom. The zero-order valence-corrected chi connectivity index (χ0v) is 10.3. The minimum Gasteiger partial charge on any atom is -0.339 e. The number of hydrogen-bond acceptors (Lipinski definition) is 4. The van der Waals surface area contributed by atoms with Gasteiger partial charge in [0.05, 0.1) is 0 Å². The van der Waals surface area contributed by atoms with E-state index in [1.54, 1.807) is 18.0 Å². The largest absolute Gasteiger partial charge is 0.339 e. The predicted molar refractivity (Wildman–Crippen MR) is 66.9 cm³/mol. The molecule has 0 saturated heterocycles. The minimum absolute atomic E-state index is 0.531. The average molecular weight is 246 g/mol. The second-order valence-corrected chi connectivity index (χ2v) is 5.09. The molecule has 0 fully saturated rings. The number of H-pyrrole nitrogens is 1. The third-order valence-electron chi connectivity index (χ3n) is 2.98. The smallest absolute Gasteiger partial charge is 0.171 e. The molecule has 0 spiro atoms. The molecule has 4 nitrogen and oxygen atoms in total. The maximum absolute atomic E-state index is 5.79. The van der Waals surface area contributed by atoms with E-state index in [0.717, 1.165) is 28.6 Å². The molecule has 17 heavy (non-hydrogen) atoms. The first-order valence-electron chi connectivity index (χ1n) is 5.76. The zero-order chi connectivity index (χ0) is 11.7. The highest BCUT2D eigenvalue weighted by molar-refractivity contribution is 7.99. The molecule has 0 saturated carbocycles. The van der Waals surface area contributed by atoms with Crippen LogP contribution >= 0.6 is 11.8 Å². The van der Waals surface area contributed by atoms with Gasteiger partial charge in [0.15, 0.2) is 5.16 Å². The van der Waals surface area contributed by atoms with Crippen molar-refractivity contribution in [3.8, 4) is 0 Å². The zero-order valence-electron chi connectivity index (χ0n) is 9.44. The average Bonchev–Trinajstić information content (AvgIpc) is 2.98. The Hall–Kier alpha value is -1.33. The van der Waals surface area contributed by atoms with E-state index in [2.05, 4.69) is 16.0 Å². The molecule has 1 aliphatic rings. The second-order valence-electron chi connectivity index (χ2n) is 4.11. The fraction of sp³-hybridized carbons (Fsp3) is 0.333. The quantitative estimate of drug-likeness (QED) is 0.868. The molecule has 0 radical (unpaired) electrons. The summed E-state index contributed by atoms with van der Waals surface area (Å²) < 4.78 is 0. The summed E-state index contributed by atoms with van der Waals surface area (Å²) in [7, 11) is 0. The number of nitrogens with one attached hydrogen (secondary N) is 1. The number of nitrogens with zero attached hydrogens (tertiary/aromatic N) is 2. The highest BCUT2D eigenvalue weighted by atomic mass is 32.2. The van der Waals surface area contributed by atoms with Crippen molar-refractivity contribution in [1.29, 1.82) is 0 Å². The van der Waals surface area contributed by atoms with Gasteiger partial charge in [0.2, 0.25) is 0 Å². The lowest BCUT2D eigenvalue weighted by atomic mass is 10.1. The normalized spacial score (nSPS) is 13.9. The number of imidazole rings is 1. The third-order valence-corrected chi connectivity index (χ3v) is 3.94. The number of nitrogens with two attached hydrogens (primary N) is 1. The summed E-state index contributed by atoms with van der Waals surface area (Å²) in [5, 5.41) is 1.85. The van der Waals surface area contributed by atoms with Crippen molar-refractivity contribution in [2.45, 2.75) is 36.0 Å². The number of aryl methyl sites for hydroxylation is 2. The summed E-state index contributed by atoms with van der Waals surface area (Å²) in [5.41, 5.74) is 9.51. The molecule has 3 rings (SSSR count). The standard InChI is InChI=1S/C12H14N4S/c13-7-9-6-8-2-1-3-10(8)16-11(9)17-12-14-4-5-15-12/h4-6H,1-3,7,13H2,(H,14,15). The van der Waals surface area contributed by atoms with E-state index in [1.807, 2.05) is 6.20 Å². The number of hydrogen-bond donors (Lipinski definition) is 2. The van der Waals surface area contributed by atoms with Crippen LogP contribution in [0.4, 0.5) is 0 Å². The summed E-state index contributed by atoms with van der Waals surface area (Å²) in [4.78, 5) is 12.0. The lowest BCUT2D eigenvalue weighted by Gasteiger charge is -2.08. The predicted octanol–water partition coefficient (Wildman–Crippen LogP) is 1.90. The summed E-state index contributed by atoms with van der Waals surface area (Å²) >= 11 is 1.55. The van der Waals surface area contributed by atoms with Crippen LogP contribution in [0.3, 0.4) is 0 Å². The lowest BCUT2D eigenvalue weighted by molar-refractivity contribution is 0.882. The Morgan fingerprint density at radius 2 is 2.35 bits per heavy atom. The van der Waals surface area contributed by atoms with Crippen LogP contribution in [0, 0.1) is 0 Å². The first-order valence-corrected chi connectivity index (χ1v) is 6.57. The lowest BCUT2D eigenvalue weighted by Crippen LogP contribution is -2.03. The molecular weight excluding hydrogens is 232 g/mol. The topological polar surface area (TPSA) is 67.6 Å². The number of aromatic amines is 1. The van der Waals surface area contributed by atoms with Gasteiger partial charge in [-0.1, -0.05) is 6.07 Å². The van der Waals surface area contributed by atoms with Gasteiger partial charge in [-0.2, -0.15) is 0 Å². The molecule has 0 aromatic carbocycles. The maximum atomic E-state index is 5.79. The Bertz CT molecular complexity index is 522. The van der Waals surface area contributed by atoms with E-state index in [0.29, 0.717) is 6.54 Å². The van der Waals surface area contributed by atoms with Gasteiger partial charge in [0.25, 0.3) is 0 Å².